The average molecular weight is 275 g/mol. The minimum absolute atomic E-state index is 0.692. The number of pyridine rings is 1. The van der Waals surface area contributed by atoms with Gasteiger partial charge in [0, 0.05) is 25.8 Å². The second-order valence-electron chi connectivity index (χ2n) is 6.36. The molecule has 112 valence electrons. The van der Waals surface area contributed by atoms with Crippen molar-refractivity contribution in [3.63, 3.8) is 0 Å². The van der Waals surface area contributed by atoms with Crippen molar-refractivity contribution in [1.29, 1.82) is 0 Å². The predicted octanol–water partition coefficient (Wildman–Crippen LogP) is 3.45. The molecule has 1 aromatic rings. The molecule has 1 fully saturated rings. The molecule has 20 heavy (non-hydrogen) atoms. The van der Waals surface area contributed by atoms with Crippen molar-refractivity contribution >= 4 is 5.69 Å². The molecule has 3 nitrogen and oxygen atoms in total. The minimum atomic E-state index is 0.692. The maximum absolute atomic E-state index is 4.34. The van der Waals surface area contributed by atoms with Crippen LogP contribution >= 0.6 is 0 Å². The van der Waals surface area contributed by atoms with Crippen LogP contribution in [0.15, 0.2) is 18.5 Å². The van der Waals surface area contributed by atoms with E-state index in [1.54, 1.807) is 0 Å². The van der Waals surface area contributed by atoms with Crippen LogP contribution < -0.4 is 10.2 Å². The molecule has 0 bridgehead atoms. The van der Waals surface area contributed by atoms with E-state index in [2.05, 4.69) is 42.0 Å². The number of hydrogen-bond donors (Lipinski definition) is 1. The standard InChI is InChI=1S/C17H29N3/c1-4-20(13-15-6-5-7-15)17-12-18-9-8-16(17)11-19-10-14(2)3/h8-9,12,14-15,19H,4-7,10-11,13H2,1-3H3. The molecule has 1 heterocycles. The van der Waals surface area contributed by atoms with Gasteiger partial charge in [-0.3, -0.25) is 4.98 Å². The molecule has 0 atom stereocenters. The van der Waals surface area contributed by atoms with Gasteiger partial charge in [-0.15, -0.1) is 0 Å². The fourth-order valence-electron chi connectivity index (χ4n) is 2.73. The fraction of sp³-hybridized carbons (Fsp3) is 0.706. The van der Waals surface area contributed by atoms with E-state index in [1.807, 2.05) is 12.4 Å². The molecule has 0 spiro atoms. The molecule has 1 saturated carbocycles. The summed E-state index contributed by atoms with van der Waals surface area (Å²) in [7, 11) is 0. The first kappa shape index (κ1) is 15.3. The smallest absolute Gasteiger partial charge is 0.0598 e. The predicted molar refractivity (Wildman–Crippen MR) is 86.0 cm³/mol. The molecule has 1 aliphatic rings. The zero-order valence-corrected chi connectivity index (χ0v) is 13.2. The van der Waals surface area contributed by atoms with Crippen LogP contribution in [0.25, 0.3) is 0 Å². The number of hydrogen-bond acceptors (Lipinski definition) is 3. The topological polar surface area (TPSA) is 28.2 Å². The van der Waals surface area contributed by atoms with E-state index < -0.39 is 0 Å². The van der Waals surface area contributed by atoms with E-state index in [0.717, 1.165) is 25.6 Å². The van der Waals surface area contributed by atoms with E-state index in [4.69, 9.17) is 0 Å². The van der Waals surface area contributed by atoms with E-state index in [9.17, 15) is 0 Å². The lowest BCUT2D eigenvalue weighted by Crippen LogP contribution is -2.33. The Morgan fingerprint density at radius 1 is 1.40 bits per heavy atom. The molecule has 0 saturated heterocycles. The molecule has 0 aromatic carbocycles. The fourth-order valence-corrected chi connectivity index (χ4v) is 2.73. The Hall–Kier alpha value is -1.09. The Morgan fingerprint density at radius 2 is 2.20 bits per heavy atom. The van der Waals surface area contributed by atoms with E-state index in [1.165, 1.54) is 37.1 Å². The zero-order valence-electron chi connectivity index (χ0n) is 13.2. The summed E-state index contributed by atoms with van der Waals surface area (Å²) >= 11 is 0. The minimum Gasteiger partial charge on any atom is -0.370 e. The Bertz CT molecular complexity index is 399. The molecule has 1 aromatic heterocycles. The summed E-state index contributed by atoms with van der Waals surface area (Å²) in [6.07, 6.45) is 8.16. The van der Waals surface area contributed by atoms with Gasteiger partial charge in [0.15, 0.2) is 0 Å². The molecule has 0 aliphatic heterocycles. The number of rotatable bonds is 8. The van der Waals surface area contributed by atoms with Crippen molar-refractivity contribution < 1.29 is 0 Å². The van der Waals surface area contributed by atoms with Gasteiger partial charge in [0.2, 0.25) is 0 Å². The van der Waals surface area contributed by atoms with Gasteiger partial charge in [-0.1, -0.05) is 20.3 Å². The maximum Gasteiger partial charge on any atom is 0.0598 e. The quantitative estimate of drug-likeness (QED) is 0.787. The Balaban J connectivity index is 2.00. The normalized spacial score (nSPS) is 15.4. The molecular weight excluding hydrogens is 246 g/mol. The first-order chi connectivity index (χ1) is 9.70. The Kier molecular flexibility index (Phi) is 5.84. The van der Waals surface area contributed by atoms with Gasteiger partial charge in [0.25, 0.3) is 0 Å². The van der Waals surface area contributed by atoms with Gasteiger partial charge in [-0.05, 0) is 49.8 Å². The summed E-state index contributed by atoms with van der Waals surface area (Å²) in [5.74, 6) is 1.59. The third-order valence-corrected chi connectivity index (χ3v) is 4.18. The Labute approximate surface area is 123 Å². The van der Waals surface area contributed by atoms with Gasteiger partial charge in [0.05, 0.1) is 11.9 Å². The van der Waals surface area contributed by atoms with Gasteiger partial charge in [-0.25, -0.2) is 0 Å². The molecular formula is C17H29N3. The lowest BCUT2D eigenvalue weighted by molar-refractivity contribution is 0.318. The van der Waals surface area contributed by atoms with E-state index in [-0.39, 0.29) is 0 Å². The number of anilines is 1. The first-order valence-electron chi connectivity index (χ1n) is 8.09. The Morgan fingerprint density at radius 3 is 2.80 bits per heavy atom. The highest BCUT2D eigenvalue weighted by atomic mass is 15.1. The third-order valence-electron chi connectivity index (χ3n) is 4.18. The van der Waals surface area contributed by atoms with Crippen molar-refractivity contribution in [2.45, 2.75) is 46.6 Å². The highest BCUT2D eigenvalue weighted by Gasteiger charge is 2.21. The maximum atomic E-state index is 4.34. The monoisotopic (exact) mass is 275 g/mol. The van der Waals surface area contributed by atoms with Crippen molar-refractivity contribution in [1.82, 2.24) is 10.3 Å². The second kappa shape index (κ2) is 7.63. The third kappa shape index (κ3) is 4.20. The molecule has 0 radical (unpaired) electrons. The van der Waals surface area contributed by atoms with Crippen LogP contribution in [0.1, 0.15) is 45.6 Å². The van der Waals surface area contributed by atoms with Gasteiger partial charge in [-0.2, -0.15) is 0 Å². The van der Waals surface area contributed by atoms with Crippen LogP contribution in [0.3, 0.4) is 0 Å². The zero-order chi connectivity index (χ0) is 14.4. The van der Waals surface area contributed by atoms with Gasteiger partial charge in [0.1, 0.15) is 0 Å². The highest BCUT2D eigenvalue weighted by Crippen LogP contribution is 2.29. The number of nitrogens with zero attached hydrogens (tertiary/aromatic N) is 2. The first-order valence-corrected chi connectivity index (χ1v) is 8.09. The summed E-state index contributed by atoms with van der Waals surface area (Å²) < 4.78 is 0. The second-order valence-corrected chi connectivity index (χ2v) is 6.36. The lowest BCUT2D eigenvalue weighted by Gasteiger charge is -2.34. The van der Waals surface area contributed by atoms with Crippen LogP contribution in [-0.2, 0) is 6.54 Å². The molecule has 3 heteroatoms. The summed E-state index contributed by atoms with van der Waals surface area (Å²) in [5, 5.41) is 3.55. The summed E-state index contributed by atoms with van der Waals surface area (Å²) in [5.41, 5.74) is 2.69. The van der Waals surface area contributed by atoms with E-state index in [0.29, 0.717) is 5.92 Å². The lowest BCUT2D eigenvalue weighted by atomic mass is 9.85. The summed E-state index contributed by atoms with van der Waals surface area (Å²) in [6.45, 7) is 11.0. The van der Waals surface area contributed by atoms with Crippen molar-refractivity contribution in [3.05, 3.63) is 24.0 Å². The van der Waals surface area contributed by atoms with Crippen molar-refractivity contribution in [3.8, 4) is 0 Å². The van der Waals surface area contributed by atoms with Crippen LogP contribution in [-0.4, -0.2) is 24.6 Å². The van der Waals surface area contributed by atoms with Crippen LogP contribution in [0.5, 0.6) is 0 Å². The van der Waals surface area contributed by atoms with E-state index >= 15 is 0 Å². The van der Waals surface area contributed by atoms with Crippen LogP contribution in [0, 0.1) is 11.8 Å². The molecule has 2 rings (SSSR count). The molecule has 1 N–H and O–H groups in total. The molecule has 1 aliphatic carbocycles. The van der Waals surface area contributed by atoms with Crippen LogP contribution in [0.4, 0.5) is 5.69 Å². The van der Waals surface area contributed by atoms with Crippen LogP contribution in [0.2, 0.25) is 0 Å². The number of aromatic nitrogens is 1. The van der Waals surface area contributed by atoms with Crippen molar-refractivity contribution in [2.24, 2.45) is 11.8 Å². The van der Waals surface area contributed by atoms with Gasteiger partial charge < -0.3 is 10.2 Å². The summed E-state index contributed by atoms with van der Waals surface area (Å²) in [4.78, 5) is 6.84. The summed E-state index contributed by atoms with van der Waals surface area (Å²) in [6, 6.07) is 2.16. The number of nitrogens with one attached hydrogen (secondary N) is 1. The largest absolute Gasteiger partial charge is 0.370 e. The SMILES string of the molecule is CCN(CC1CCC1)c1cnccc1CNCC(C)C. The average Bonchev–Trinajstić information content (AvgIpc) is 2.38. The highest BCUT2D eigenvalue weighted by molar-refractivity contribution is 5.51. The molecule has 0 amide bonds. The molecule has 0 unspecified atom stereocenters. The van der Waals surface area contributed by atoms with Gasteiger partial charge >= 0.3 is 0 Å². The van der Waals surface area contributed by atoms with Crippen molar-refractivity contribution in [2.75, 3.05) is 24.5 Å².